The molecule has 0 saturated carbocycles. The first-order chi connectivity index (χ1) is 11.4. The van der Waals surface area contributed by atoms with E-state index in [0.29, 0.717) is 11.4 Å². The van der Waals surface area contributed by atoms with Gasteiger partial charge in [-0.05, 0) is 12.1 Å². The van der Waals surface area contributed by atoms with E-state index in [0.717, 1.165) is 0 Å². The minimum absolute atomic E-state index is 0.0366. The normalized spacial score (nSPS) is 13.2. The highest BCUT2D eigenvalue weighted by molar-refractivity contribution is 7.74. The Morgan fingerprint density at radius 3 is 3.00 bits per heavy atom. The van der Waals surface area contributed by atoms with E-state index in [1.165, 1.54) is 15.8 Å². The Balaban J connectivity index is 2.21. The Morgan fingerprint density at radius 1 is 1.62 bits per heavy atom. The Kier molecular flexibility index (Phi) is 5.89. The summed E-state index contributed by atoms with van der Waals surface area (Å²) >= 11 is 6.13. The first-order valence-electron chi connectivity index (χ1n) is 6.85. The highest BCUT2D eigenvalue weighted by Crippen LogP contribution is 2.26. The van der Waals surface area contributed by atoms with Crippen molar-refractivity contribution >= 4 is 33.8 Å². The number of nitriles is 1. The number of amides is 1. The van der Waals surface area contributed by atoms with Gasteiger partial charge in [0, 0.05) is 19.2 Å². The summed E-state index contributed by atoms with van der Waals surface area (Å²) < 4.78 is 16.2. The summed E-state index contributed by atoms with van der Waals surface area (Å²) in [6, 6.07) is 3.56. The fourth-order valence-electron chi connectivity index (χ4n) is 2.01. The quantitative estimate of drug-likeness (QED) is 0.596. The summed E-state index contributed by atoms with van der Waals surface area (Å²) in [7, 11) is -0.164. The van der Waals surface area contributed by atoms with Crippen molar-refractivity contribution < 1.29 is 9.00 Å². The molecule has 0 aliphatic carbocycles. The average molecular weight is 366 g/mol. The number of pyridine rings is 1. The number of hydrogen-bond donors (Lipinski definition) is 0. The Bertz CT molecular complexity index is 854. The van der Waals surface area contributed by atoms with Crippen molar-refractivity contribution in [3.05, 3.63) is 35.9 Å². The number of aromatic nitrogens is 3. The molecule has 0 aliphatic heterocycles. The second-order valence-corrected chi connectivity index (χ2v) is 6.46. The lowest BCUT2D eigenvalue weighted by Crippen LogP contribution is -2.33. The molecule has 0 N–H and O–H groups in total. The molecule has 1 amide bonds. The molecule has 2 aromatic heterocycles. The van der Waals surface area contributed by atoms with Crippen molar-refractivity contribution in [2.24, 2.45) is 10.3 Å². The van der Waals surface area contributed by atoms with Crippen molar-refractivity contribution in [1.82, 2.24) is 14.8 Å². The van der Waals surface area contributed by atoms with Gasteiger partial charge in [0.2, 0.25) is 5.91 Å². The van der Waals surface area contributed by atoms with Crippen LogP contribution in [0.5, 0.6) is 0 Å². The van der Waals surface area contributed by atoms with Gasteiger partial charge in [0.05, 0.1) is 18.1 Å². The van der Waals surface area contributed by atoms with Crippen LogP contribution < -0.4 is 4.90 Å². The predicted molar refractivity (Wildman–Crippen MR) is 89.9 cm³/mol. The molecular formula is C14H14ClN6O2S-. The van der Waals surface area contributed by atoms with Gasteiger partial charge in [0.25, 0.3) is 0 Å². The van der Waals surface area contributed by atoms with Crippen LogP contribution in [0.4, 0.5) is 5.69 Å². The van der Waals surface area contributed by atoms with Crippen LogP contribution in [-0.2, 0) is 19.6 Å². The standard InChI is InChI=1S/C14H14ClN6O2S/c1-10(8-24(23)18-9-16)14(22)20(2)12-7-21(19-13(12)15)11-4-3-5-17-6-11/h3-7,10H,8H2,1-2H3/q-1. The fourth-order valence-corrected chi connectivity index (χ4v) is 3.00. The van der Waals surface area contributed by atoms with Crippen LogP contribution in [0.2, 0.25) is 5.15 Å². The first kappa shape index (κ1) is 17.9. The molecule has 0 aromatic carbocycles. The molecule has 0 saturated heterocycles. The number of anilines is 1. The molecule has 0 aliphatic rings. The number of carbonyl (C=O) groups excluding carboxylic acids is 1. The highest BCUT2D eigenvalue weighted by Gasteiger charge is 2.21. The molecule has 10 heteroatoms. The van der Waals surface area contributed by atoms with Gasteiger partial charge in [0.15, 0.2) is 11.3 Å². The fraction of sp³-hybridized carbons (Fsp3) is 0.286. The van der Waals surface area contributed by atoms with Gasteiger partial charge < -0.3 is 9.11 Å². The van der Waals surface area contributed by atoms with Crippen molar-refractivity contribution in [3.63, 3.8) is 0 Å². The van der Waals surface area contributed by atoms with Crippen molar-refractivity contribution in [3.8, 4) is 11.9 Å². The van der Waals surface area contributed by atoms with Gasteiger partial charge in [0.1, 0.15) is 5.69 Å². The number of nitrogens with zero attached hydrogens (tertiary/aromatic N) is 6. The van der Waals surface area contributed by atoms with E-state index in [-0.39, 0.29) is 16.8 Å². The molecule has 2 rings (SSSR count). The topological polar surface area (TPSA) is 104 Å². The van der Waals surface area contributed by atoms with E-state index in [4.69, 9.17) is 16.9 Å². The third-order valence-corrected chi connectivity index (χ3v) is 4.55. The van der Waals surface area contributed by atoms with Crippen molar-refractivity contribution in [1.29, 1.82) is 5.26 Å². The molecule has 1 unspecified atom stereocenters. The molecule has 0 spiro atoms. The number of hydrogen-bond acceptors (Lipinski definition) is 7. The monoisotopic (exact) mass is 365 g/mol. The molecular weight excluding hydrogens is 352 g/mol. The first-order valence-corrected chi connectivity index (χ1v) is 8.51. The summed E-state index contributed by atoms with van der Waals surface area (Å²) in [4.78, 5) is 17.8. The predicted octanol–water partition coefficient (Wildman–Crippen LogP) is 2.15. The van der Waals surface area contributed by atoms with Crippen LogP contribution in [0.25, 0.3) is 5.69 Å². The van der Waals surface area contributed by atoms with Crippen LogP contribution in [0, 0.1) is 17.4 Å². The number of halogens is 1. The van der Waals surface area contributed by atoms with E-state index in [1.807, 2.05) is 0 Å². The van der Waals surface area contributed by atoms with E-state index in [1.54, 1.807) is 44.7 Å². The SMILES string of the molecule is CC(C[S-](=O)=NC#N)C(=O)N(C)c1cn(-c2cccnc2)nc1Cl. The highest BCUT2D eigenvalue weighted by atomic mass is 35.5. The lowest BCUT2D eigenvalue weighted by molar-refractivity contribution is -0.121. The Labute approximate surface area is 145 Å². The maximum absolute atomic E-state index is 12.4. The van der Waals surface area contributed by atoms with Crippen molar-refractivity contribution in [2.75, 3.05) is 17.7 Å². The van der Waals surface area contributed by atoms with Gasteiger partial charge in [-0.3, -0.25) is 14.1 Å². The van der Waals surface area contributed by atoms with Gasteiger partial charge in [-0.25, -0.2) is 4.68 Å². The smallest absolute Gasteiger partial charge is 0.227 e. The minimum Gasteiger partial charge on any atom is -0.443 e. The van der Waals surface area contributed by atoms with Crippen LogP contribution in [0.1, 0.15) is 6.92 Å². The van der Waals surface area contributed by atoms with Crippen LogP contribution in [-0.4, -0.2) is 33.5 Å². The zero-order valence-electron chi connectivity index (χ0n) is 13.0. The molecule has 126 valence electrons. The summed E-state index contributed by atoms with van der Waals surface area (Å²) in [5.74, 6) is -0.930. The van der Waals surface area contributed by atoms with Crippen LogP contribution in [0.15, 0.2) is 35.1 Å². The van der Waals surface area contributed by atoms with E-state index < -0.39 is 16.5 Å². The van der Waals surface area contributed by atoms with E-state index >= 15 is 0 Å². The maximum atomic E-state index is 12.4. The average Bonchev–Trinajstić information content (AvgIpc) is 2.96. The molecule has 24 heavy (non-hydrogen) atoms. The molecule has 2 aromatic rings. The number of rotatable bonds is 5. The summed E-state index contributed by atoms with van der Waals surface area (Å²) in [6.45, 7) is 1.61. The number of carbonyl (C=O) groups is 1. The summed E-state index contributed by atoms with van der Waals surface area (Å²) in [5.41, 5.74) is 1.12. The molecule has 8 nitrogen and oxygen atoms in total. The zero-order chi connectivity index (χ0) is 17.7. The molecule has 2 heterocycles. The lowest BCUT2D eigenvalue weighted by Gasteiger charge is -2.21. The van der Waals surface area contributed by atoms with Crippen molar-refractivity contribution in [2.45, 2.75) is 6.92 Å². The van der Waals surface area contributed by atoms with E-state index in [2.05, 4.69) is 14.4 Å². The Morgan fingerprint density at radius 2 is 2.38 bits per heavy atom. The summed E-state index contributed by atoms with van der Waals surface area (Å²) in [5, 5.41) is 12.7. The zero-order valence-corrected chi connectivity index (χ0v) is 14.5. The van der Waals surface area contributed by atoms with Gasteiger partial charge >= 0.3 is 0 Å². The maximum Gasteiger partial charge on any atom is 0.227 e. The van der Waals surface area contributed by atoms with Crippen LogP contribution in [0.3, 0.4) is 0 Å². The Hall–Kier alpha value is -2.44. The molecule has 1 atom stereocenters. The lowest BCUT2D eigenvalue weighted by atomic mass is 10.2. The third-order valence-electron chi connectivity index (χ3n) is 3.21. The molecule has 0 radical (unpaired) electrons. The minimum atomic E-state index is -1.72. The molecule has 0 fully saturated rings. The molecule has 0 bridgehead atoms. The van der Waals surface area contributed by atoms with E-state index in [9.17, 15) is 9.00 Å². The second kappa shape index (κ2) is 7.90. The third kappa shape index (κ3) is 4.10. The largest absolute Gasteiger partial charge is 0.443 e. The van der Waals surface area contributed by atoms with Crippen LogP contribution >= 0.6 is 11.6 Å². The van der Waals surface area contributed by atoms with Gasteiger partial charge in [-0.2, -0.15) is 21.0 Å². The van der Waals surface area contributed by atoms with Gasteiger partial charge in [-0.1, -0.05) is 24.3 Å². The second-order valence-electron chi connectivity index (χ2n) is 4.94. The van der Waals surface area contributed by atoms with Gasteiger partial charge in [-0.15, -0.1) is 0 Å². The summed E-state index contributed by atoms with van der Waals surface area (Å²) in [6.07, 6.45) is 6.33.